The van der Waals surface area contributed by atoms with Crippen molar-refractivity contribution in [3.05, 3.63) is 57.3 Å². The highest BCUT2D eigenvalue weighted by molar-refractivity contribution is 5.91. The molecular formula is C12H9F3N4O2. The lowest BCUT2D eigenvalue weighted by Crippen LogP contribution is -2.36. The normalized spacial score (nSPS) is 10.5. The van der Waals surface area contributed by atoms with Gasteiger partial charge in [-0.15, -0.1) is 0 Å². The van der Waals surface area contributed by atoms with E-state index in [1.54, 1.807) is 5.43 Å². The molecule has 0 saturated heterocycles. The highest BCUT2D eigenvalue weighted by Gasteiger charge is 2.19. The number of hydrogen-bond donors (Lipinski definition) is 2. The lowest BCUT2D eigenvalue weighted by molar-refractivity contribution is 0.0945. The molecule has 1 aromatic heterocycles. The predicted molar refractivity (Wildman–Crippen MR) is 66.1 cm³/mol. The van der Waals surface area contributed by atoms with Crippen LogP contribution in [0.15, 0.2) is 23.0 Å². The van der Waals surface area contributed by atoms with E-state index in [1.807, 2.05) is 0 Å². The third-order valence-corrected chi connectivity index (χ3v) is 2.70. The number of carbonyl (C=O) groups excluding carboxylic acids is 1. The summed E-state index contributed by atoms with van der Waals surface area (Å²) in [5, 5.41) is 3.63. The average Bonchev–Trinajstić information content (AvgIpc) is 2.45. The molecular weight excluding hydrogens is 289 g/mol. The maximum atomic E-state index is 13.8. The largest absolute Gasteiger partial charge is 0.289 e. The number of nitrogen functional groups attached to an aromatic ring is 1. The molecule has 0 radical (unpaired) electrons. The van der Waals surface area contributed by atoms with Crippen LogP contribution in [0.5, 0.6) is 0 Å². The quantitative estimate of drug-likeness (QED) is 0.367. The molecule has 0 spiro atoms. The number of nitrogens with one attached hydrogen (secondary N) is 1. The van der Waals surface area contributed by atoms with Gasteiger partial charge >= 0.3 is 0 Å². The number of nitrogens with zero attached hydrogens (tertiary/aromatic N) is 2. The first kappa shape index (κ1) is 14.7. The number of nitrogens with two attached hydrogens (primary N) is 1. The van der Waals surface area contributed by atoms with Crippen molar-refractivity contribution in [2.75, 3.05) is 0 Å². The Morgan fingerprint density at radius 1 is 1.29 bits per heavy atom. The van der Waals surface area contributed by atoms with Gasteiger partial charge in [0.05, 0.1) is 0 Å². The lowest BCUT2D eigenvalue weighted by Gasteiger charge is -2.12. The van der Waals surface area contributed by atoms with Crippen molar-refractivity contribution in [3.63, 3.8) is 0 Å². The number of carbonyl (C=O) groups is 1. The Morgan fingerprint density at radius 3 is 2.57 bits per heavy atom. The van der Waals surface area contributed by atoms with Crippen molar-refractivity contribution in [1.29, 1.82) is 0 Å². The molecule has 6 nitrogen and oxygen atoms in total. The van der Waals surface area contributed by atoms with E-state index >= 15 is 0 Å². The summed E-state index contributed by atoms with van der Waals surface area (Å²) < 4.78 is 40.8. The number of hydrogen-bond acceptors (Lipinski definition) is 4. The second-order valence-corrected chi connectivity index (χ2v) is 4.08. The van der Waals surface area contributed by atoms with Gasteiger partial charge in [0.15, 0.2) is 23.1 Å². The number of amides is 1. The molecule has 0 unspecified atom stereocenters. The fourth-order valence-electron chi connectivity index (χ4n) is 1.70. The minimum Gasteiger partial charge on any atom is -0.289 e. The van der Waals surface area contributed by atoms with Gasteiger partial charge in [-0.1, -0.05) is 0 Å². The van der Waals surface area contributed by atoms with E-state index in [0.717, 1.165) is 16.8 Å². The first-order chi connectivity index (χ1) is 9.86. The van der Waals surface area contributed by atoms with Gasteiger partial charge in [0.25, 0.3) is 5.91 Å². The topological polar surface area (TPSA) is 90.0 Å². The van der Waals surface area contributed by atoms with Gasteiger partial charge in [-0.25, -0.2) is 23.7 Å². The molecule has 0 fully saturated rings. The summed E-state index contributed by atoms with van der Waals surface area (Å²) in [6.45, 7) is 1.39. The fraction of sp³-hybridized carbons (Fsp3) is 0.0833. The Balaban J connectivity index is 2.73. The summed E-state index contributed by atoms with van der Waals surface area (Å²) in [6.07, 6.45) is 0. The molecule has 1 amide bonds. The Bertz CT molecular complexity index is 789. The fourth-order valence-corrected chi connectivity index (χ4v) is 1.70. The van der Waals surface area contributed by atoms with E-state index in [2.05, 4.69) is 5.10 Å². The first-order valence-electron chi connectivity index (χ1n) is 5.62. The molecule has 0 aliphatic carbocycles. The van der Waals surface area contributed by atoms with Crippen molar-refractivity contribution in [3.8, 4) is 5.69 Å². The lowest BCUT2D eigenvalue weighted by atomic mass is 10.2. The Hall–Kier alpha value is -2.68. The zero-order valence-corrected chi connectivity index (χ0v) is 10.7. The van der Waals surface area contributed by atoms with Crippen LogP contribution in [0.3, 0.4) is 0 Å². The summed E-state index contributed by atoms with van der Waals surface area (Å²) in [5.41, 5.74) is 0.0441. The van der Waals surface area contributed by atoms with Gasteiger partial charge in [0.2, 0.25) is 5.43 Å². The Kier molecular flexibility index (Phi) is 3.76. The molecule has 1 aromatic carbocycles. The molecule has 2 aromatic rings. The maximum Gasteiger partial charge on any atom is 0.289 e. The van der Waals surface area contributed by atoms with Crippen molar-refractivity contribution >= 4 is 5.91 Å². The van der Waals surface area contributed by atoms with E-state index in [4.69, 9.17) is 5.84 Å². The molecule has 0 bridgehead atoms. The van der Waals surface area contributed by atoms with Crippen LogP contribution in [0, 0.1) is 24.4 Å². The highest BCUT2D eigenvalue weighted by Crippen LogP contribution is 2.19. The van der Waals surface area contributed by atoms with E-state index in [-0.39, 0.29) is 5.69 Å². The van der Waals surface area contributed by atoms with Crippen molar-refractivity contribution < 1.29 is 18.0 Å². The highest BCUT2D eigenvalue weighted by atomic mass is 19.2. The molecule has 2 rings (SSSR count). The maximum absolute atomic E-state index is 13.8. The zero-order valence-electron chi connectivity index (χ0n) is 10.7. The summed E-state index contributed by atoms with van der Waals surface area (Å²) in [6, 6.07) is 2.64. The van der Waals surface area contributed by atoms with Crippen LogP contribution in [0.25, 0.3) is 5.69 Å². The van der Waals surface area contributed by atoms with Crippen molar-refractivity contribution in [2.45, 2.75) is 6.92 Å². The average molecular weight is 298 g/mol. The van der Waals surface area contributed by atoms with Gasteiger partial charge in [-0.05, 0) is 19.1 Å². The SMILES string of the molecule is Cc1cc(=O)c(C(=O)NN)nn1-c1ccc(F)c(F)c1F. The number of benzene rings is 1. The third kappa shape index (κ3) is 2.50. The summed E-state index contributed by atoms with van der Waals surface area (Å²) in [7, 11) is 0. The van der Waals surface area contributed by atoms with Gasteiger partial charge < -0.3 is 0 Å². The second kappa shape index (κ2) is 5.37. The Morgan fingerprint density at radius 2 is 1.95 bits per heavy atom. The summed E-state index contributed by atoms with van der Waals surface area (Å²) in [4.78, 5) is 23.0. The minimum absolute atomic E-state index is 0.124. The Labute approximate surface area is 116 Å². The van der Waals surface area contributed by atoms with E-state index in [9.17, 15) is 22.8 Å². The monoisotopic (exact) mass is 298 g/mol. The van der Waals surface area contributed by atoms with Crippen LogP contribution < -0.4 is 16.7 Å². The molecule has 1 heterocycles. The standard InChI is InChI=1S/C12H9F3N4O2/c1-5-4-8(20)11(12(21)17-16)18-19(5)7-3-2-6(13)9(14)10(7)15/h2-4H,16H2,1H3,(H,17,21). The van der Waals surface area contributed by atoms with E-state index < -0.39 is 40.2 Å². The van der Waals surface area contributed by atoms with Gasteiger partial charge in [-0.2, -0.15) is 5.10 Å². The molecule has 0 saturated carbocycles. The van der Waals surface area contributed by atoms with Gasteiger partial charge in [-0.3, -0.25) is 15.0 Å². The van der Waals surface area contributed by atoms with Crippen LogP contribution in [0.1, 0.15) is 16.2 Å². The minimum atomic E-state index is -1.68. The predicted octanol–water partition coefficient (Wildman–Crippen LogP) is 0.562. The van der Waals surface area contributed by atoms with Crippen LogP contribution in [0.2, 0.25) is 0 Å². The van der Waals surface area contributed by atoms with Crippen LogP contribution >= 0.6 is 0 Å². The number of aromatic nitrogens is 2. The van der Waals surface area contributed by atoms with E-state index in [0.29, 0.717) is 6.07 Å². The second-order valence-electron chi connectivity index (χ2n) is 4.08. The zero-order chi connectivity index (χ0) is 15.7. The molecule has 3 N–H and O–H groups in total. The van der Waals surface area contributed by atoms with E-state index in [1.165, 1.54) is 6.92 Å². The molecule has 0 aliphatic rings. The smallest absolute Gasteiger partial charge is 0.289 e. The summed E-state index contributed by atoms with van der Waals surface area (Å²) >= 11 is 0. The third-order valence-electron chi connectivity index (χ3n) is 2.70. The van der Waals surface area contributed by atoms with Crippen LogP contribution in [-0.4, -0.2) is 15.7 Å². The van der Waals surface area contributed by atoms with Crippen LogP contribution in [-0.2, 0) is 0 Å². The number of aryl methyl sites for hydroxylation is 1. The number of rotatable bonds is 2. The molecule has 0 aliphatic heterocycles. The molecule has 0 atom stereocenters. The van der Waals surface area contributed by atoms with Gasteiger partial charge in [0.1, 0.15) is 5.69 Å². The van der Waals surface area contributed by atoms with Crippen LogP contribution in [0.4, 0.5) is 13.2 Å². The molecule has 21 heavy (non-hydrogen) atoms. The van der Waals surface area contributed by atoms with Crippen molar-refractivity contribution in [2.24, 2.45) is 5.84 Å². The number of halogens is 3. The first-order valence-corrected chi connectivity index (χ1v) is 5.62. The number of hydrazine groups is 1. The van der Waals surface area contributed by atoms with Gasteiger partial charge in [0, 0.05) is 11.8 Å². The molecule has 9 heteroatoms. The van der Waals surface area contributed by atoms with Crippen molar-refractivity contribution in [1.82, 2.24) is 15.2 Å². The molecule has 110 valence electrons. The summed E-state index contributed by atoms with van der Waals surface area (Å²) in [5.74, 6) is -0.628.